The highest BCUT2D eigenvalue weighted by Crippen LogP contribution is 2.32. The van der Waals surface area contributed by atoms with Crippen molar-refractivity contribution < 1.29 is 22.7 Å². The molecular formula is C22H24N6O5S2. The van der Waals surface area contributed by atoms with Crippen molar-refractivity contribution >= 4 is 43.4 Å². The minimum atomic E-state index is -3.89. The molecule has 1 fully saturated rings. The number of amides is 3. The molecule has 1 saturated heterocycles. The van der Waals surface area contributed by atoms with Crippen molar-refractivity contribution in [1.82, 2.24) is 30.3 Å². The molecule has 1 aromatic carbocycles. The standard InChI is InChI=1S/C22H24N6O5S2/c1-3-14-4-5-15-11-19(34-18(15)10-14)35(31,32)26-8-9-27(17(12-26)20(29)23-2)22(30)28-7-6-16-21(25-28)33-13-24-16/h1,4-5,10-11,17,24-25H,6-9,12-13H2,2H3,(H,23,29). The summed E-state index contributed by atoms with van der Waals surface area (Å²) < 4.78 is 34.6. The lowest BCUT2D eigenvalue weighted by molar-refractivity contribution is -0.126. The second-order valence-electron chi connectivity index (χ2n) is 8.22. The molecule has 0 bridgehead atoms. The summed E-state index contributed by atoms with van der Waals surface area (Å²) in [6.45, 7) is 0.682. The number of benzene rings is 1. The molecule has 5 rings (SSSR count). The van der Waals surface area contributed by atoms with Crippen LogP contribution in [0.25, 0.3) is 10.1 Å². The smallest absolute Gasteiger partial charge is 0.339 e. The van der Waals surface area contributed by atoms with Gasteiger partial charge in [0.1, 0.15) is 10.3 Å². The summed E-state index contributed by atoms with van der Waals surface area (Å²) in [6.07, 6.45) is 6.05. The monoisotopic (exact) mass is 516 g/mol. The van der Waals surface area contributed by atoms with Crippen LogP contribution in [-0.2, 0) is 19.6 Å². The Hall–Kier alpha value is -3.47. The van der Waals surface area contributed by atoms with Gasteiger partial charge in [-0.25, -0.2) is 18.2 Å². The van der Waals surface area contributed by atoms with Gasteiger partial charge in [0, 0.05) is 49.9 Å². The number of carbonyl (C=O) groups excluding carboxylic acids is 2. The van der Waals surface area contributed by atoms with E-state index in [0.717, 1.165) is 27.1 Å². The molecule has 2 aromatic rings. The Morgan fingerprint density at radius 1 is 1.26 bits per heavy atom. The highest BCUT2D eigenvalue weighted by molar-refractivity contribution is 7.91. The minimum Gasteiger partial charge on any atom is -0.456 e. The van der Waals surface area contributed by atoms with Crippen LogP contribution in [0, 0.1) is 12.3 Å². The molecule has 13 heteroatoms. The summed E-state index contributed by atoms with van der Waals surface area (Å²) in [7, 11) is -2.43. The van der Waals surface area contributed by atoms with Gasteiger partial charge in [-0.15, -0.1) is 17.8 Å². The van der Waals surface area contributed by atoms with Gasteiger partial charge in [-0.3, -0.25) is 10.2 Å². The van der Waals surface area contributed by atoms with Crippen LogP contribution in [0.15, 0.2) is 40.1 Å². The Morgan fingerprint density at radius 3 is 2.86 bits per heavy atom. The van der Waals surface area contributed by atoms with Gasteiger partial charge in [0.25, 0.3) is 10.0 Å². The van der Waals surface area contributed by atoms with E-state index in [1.807, 2.05) is 0 Å². The molecule has 3 amide bonds. The fourth-order valence-electron chi connectivity index (χ4n) is 4.31. The molecule has 3 aliphatic rings. The molecule has 4 heterocycles. The number of terminal acetylenes is 1. The van der Waals surface area contributed by atoms with Crippen LogP contribution < -0.4 is 16.1 Å². The van der Waals surface area contributed by atoms with Gasteiger partial charge >= 0.3 is 6.03 Å². The van der Waals surface area contributed by atoms with E-state index >= 15 is 0 Å². The third-order valence-corrected chi connectivity index (χ3v) is 9.64. The third kappa shape index (κ3) is 4.13. The van der Waals surface area contributed by atoms with E-state index in [-0.39, 0.29) is 23.8 Å². The first-order valence-electron chi connectivity index (χ1n) is 11.0. The predicted octanol–water partition coefficient (Wildman–Crippen LogP) is 0.380. The Bertz CT molecular complexity index is 1380. The Labute approximate surface area is 206 Å². The molecular weight excluding hydrogens is 492 g/mol. The highest BCUT2D eigenvalue weighted by atomic mass is 32.2. The zero-order chi connectivity index (χ0) is 24.7. The van der Waals surface area contributed by atoms with Crippen LogP contribution in [-0.4, -0.2) is 80.6 Å². The van der Waals surface area contributed by atoms with E-state index in [2.05, 4.69) is 22.0 Å². The van der Waals surface area contributed by atoms with E-state index in [1.54, 1.807) is 24.3 Å². The van der Waals surface area contributed by atoms with E-state index in [0.29, 0.717) is 31.1 Å². The van der Waals surface area contributed by atoms with Gasteiger partial charge < -0.3 is 20.3 Å². The van der Waals surface area contributed by atoms with Gasteiger partial charge in [0.05, 0.1) is 5.70 Å². The van der Waals surface area contributed by atoms with E-state index in [4.69, 9.17) is 11.2 Å². The quantitative estimate of drug-likeness (QED) is 0.504. The number of carbonyl (C=O) groups is 2. The Kier molecular flexibility index (Phi) is 5.96. The zero-order valence-electron chi connectivity index (χ0n) is 18.9. The van der Waals surface area contributed by atoms with Crippen LogP contribution in [0.3, 0.4) is 0 Å². The summed E-state index contributed by atoms with van der Waals surface area (Å²) in [5.41, 5.74) is 4.51. The van der Waals surface area contributed by atoms with Crippen molar-refractivity contribution in [2.75, 3.05) is 40.0 Å². The first kappa shape index (κ1) is 23.3. The van der Waals surface area contributed by atoms with Crippen LogP contribution >= 0.6 is 11.3 Å². The van der Waals surface area contributed by atoms with Gasteiger partial charge in [0.15, 0.2) is 6.73 Å². The van der Waals surface area contributed by atoms with Gasteiger partial charge in [-0.2, -0.15) is 4.31 Å². The van der Waals surface area contributed by atoms with Crippen LogP contribution in [0.1, 0.15) is 12.0 Å². The van der Waals surface area contributed by atoms with E-state index in [1.165, 1.54) is 21.3 Å². The molecule has 0 radical (unpaired) electrons. The maximum atomic E-state index is 13.5. The molecule has 3 aliphatic heterocycles. The van der Waals surface area contributed by atoms with Gasteiger partial charge in [-0.1, -0.05) is 12.0 Å². The molecule has 0 aliphatic carbocycles. The number of nitrogens with one attached hydrogen (secondary N) is 3. The van der Waals surface area contributed by atoms with Crippen LogP contribution in [0.4, 0.5) is 4.79 Å². The summed E-state index contributed by atoms with van der Waals surface area (Å²) in [4.78, 5) is 27.4. The largest absolute Gasteiger partial charge is 0.456 e. The van der Waals surface area contributed by atoms with Crippen molar-refractivity contribution in [3.8, 4) is 12.3 Å². The fraction of sp³-hybridized carbons (Fsp3) is 0.364. The number of urea groups is 1. The molecule has 184 valence electrons. The number of fused-ring (bicyclic) bond motifs is 1. The summed E-state index contributed by atoms with van der Waals surface area (Å²) >= 11 is 1.13. The summed E-state index contributed by atoms with van der Waals surface area (Å²) in [5, 5.41) is 7.80. The minimum absolute atomic E-state index is 0.0608. The molecule has 1 unspecified atom stereocenters. The first-order valence-corrected chi connectivity index (χ1v) is 13.2. The number of hydrogen-bond donors (Lipinski definition) is 3. The molecule has 1 atom stereocenters. The average Bonchev–Trinajstić information content (AvgIpc) is 3.53. The van der Waals surface area contributed by atoms with Crippen molar-refractivity contribution in [2.24, 2.45) is 0 Å². The summed E-state index contributed by atoms with van der Waals surface area (Å²) in [6, 6.07) is 5.54. The maximum Gasteiger partial charge on any atom is 0.339 e. The number of piperazine rings is 1. The Morgan fingerprint density at radius 2 is 2.09 bits per heavy atom. The number of ether oxygens (including phenoxy) is 1. The molecule has 11 nitrogen and oxygen atoms in total. The number of rotatable bonds is 3. The number of hydrogen-bond acceptors (Lipinski definition) is 8. The maximum absolute atomic E-state index is 13.5. The Balaban J connectivity index is 1.37. The number of likely N-dealkylation sites (N-methyl/N-ethyl adjacent to an activating group) is 1. The van der Waals surface area contributed by atoms with Crippen LogP contribution in [0.2, 0.25) is 0 Å². The normalized spacial score (nSPS) is 20.5. The van der Waals surface area contributed by atoms with E-state index in [9.17, 15) is 18.0 Å². The topological polar surface area (TPSA) is 123 Å². The lowest BCUT2D eigenvalue weighted by Crippen LogP contribution is -2.64. The number of thiophene rings is 1. The molecule has 1 aromatic heterocycles. The van der Waals surface area contributed by atoms with Crippen molar-refractivity contribution in [1.29, 1.82) is 0 Å². The second kappa shape index (κ2) is 8.95. The van der Waals surface area contributed by atoms with Crippen molar-refractivity contribution in [2.45, 2.75) is 16.7 Å². The van der Waals surface area contributed by atoms with Crippen molar-refractivity contribution in [3.05, 3.63) is 41.4 Å². The lowest BCUT2D eigenvalue weighted by atomic mass is 10.2. The average molecular weight is 517 g/mol. The molecule has 35 heavy (non-hydrogen) atoms. The first-order chi connectivity index (χ1) is 16.8. The SMILES string of the molecule is C#Cc1ccc2cc(S(=O)(=O)N3CCN(C(=O)N4CCC5=C(N4)OCN5)C(C(=O)NC)C3)sc2c1. The van der Waals surface area contributed by atoms with Crippen LogP contribution in [0.5, 0.6) is 0 Å². The lowest BCUT2D eigenvalue weighted by Gasteiger charge is -2.42. The number of sulfonamides is 1. The van der Waals surface area contributed by atoms with Gasteiger partial charge in [-0.05, 0) is 23.6 Å². The van der Waals surface area contributed by atoms with Crippen molar-refractivity contribution in [3.63, 3.8) is 0 Å². The third-order valence-electron chi connectivity index (χ3n) is 6.23. The second-order valence-corrected chi connectivity index (χ2v) is 11.5. The molecule has 0 spiro atoms. The highest BCUT2D eigenvalue weighted by Gasteiger charge is 2.42. The fourth-order valence-corrected chi connectivity index (χ4v) is 7.34. The summed E-state index contributed by atoms with van der Waals surface area (Å²) in [5.74, 6) is 2.60. The number of nitrogens with zero attached hydrogens (tertiary/aromatic N) is 3. The predicted molar refractivity (Wildman–Crippen MR) is 129 cm³/mol. The molecule has 0 saturated carbocycles. The van der Waals surface area contributed by atoms with Gasteiger partial charge in [0.2, 0.25) is 11.8 Å². The van der Waals surface area contributed by atoms with E-state index < -0.39 is 28.0 Å². The number of hydrazine groups is 1. The zero-order valence-corrected chi connectivity index (χ0v) is 20.5. The molecule has 3 N–H and O–H groups in total.